The quantitative estimate of drug-likeness (QED) is 0.829. The molecule has 0 aromatic heterocycles. The van der Waals surface area contributed by atoms with Gasteiger partial charge in [0.2, 0.25) is 0 Å². The summed E-state index contributed by atoms with van der Waals surface area (Å²) >= 11 is 0. The average Bonchev–Trinajstić information content (AvgIpc) is 3.07. The molecular weight excluding hydrogens is 300 g/mol. The van der Waals surface area contributed by atoms with Gasteiger partial charge < -0.3 is 4.90 Å². The van der Waals surface area contributed by atoms with Crippen LogP contribution in [0.25, 0.3) is 0 Å². The standard InChI is InChI=1S/C19H28N4O/c1-16(2)14-21-10-12-22(13-11-21)15-19(24)23-9-8-18(20-23)17-6-4-3-5-7-17/h3-7,16H,8-15H2,1-2H3. The summed E-state index contributed by atoms with van der Waals surface area (Å²) in [6, 6.07) is 10.1. The molecule has 1 amide bonds. The summed E-state index contributed by atoms with van der Waals surface area (Å²) < 4.78 is 0. The number of rotatable bonds is 5. The van der Waals surface area contributed by atoms with Gasteiger partial charge in [-0.25, -0.2) is 5.01 Å². The Morgan fingerprint density at radius 3 is 2.38 bits per heavy atom. The van der Waals surface area contributed by atoms with Crippen LogP contribution in [0.1, 0.15) is 25.8 Å². The maximum atomic E-state index is 12.5. The molecule has 0 saturated carbocycles. The van der Waals surface area contributed by atoms with Crippen LogP contribution in [0.5, 0.6) is 0 Å². The van der Waals surface area contributed by atoms with Crippen LogP contribution >= 0.6 is 0 Å². The van der Waals surface area contributed by atoms with E-state index in [0.717, 1.165) is 50.4 Å². The molecule has 24 heavy (non-hydrogen) atoms. The van der Waals surface area contributed by atoms with Crippen LogP contribution < -0.4 is 0 Å². The first kappa shape index (κ1) is 17.1. The normalized spacial score (nSPS) is 19.8. The van der Waals surface area contributed by atoms with Gasteiger partial charge in [-0.05, 0) is 11.5 Å². The van der Waals surface area contributed by atoms with Crippen molar-refractivity contribution >= 4 is 11.6 Å². The number of carbonyl (C=O) groups excluding carboxylic acids is 1. The van der Waals surface area contributed by atoms with Gasteiger partial charge in [-0.2, -0.15) is 5.10 Å². The predicted molar refractivity (Wildman–Crippen MR) is 97.0 cm³/mol. The Labute approximate surface area is 144 Å². The molecule has 5 heteroatoms. The molecule has 130 valence electrons. The highest BCUT2D eigenvalue weighted by molar-refractivity contribution is 6.02. The van der Waals surface area contributed by atoms with Crippen molar-refractivity contribution in [3.05, 3.63) is 35.9 Å². The monoisotopic (exact) mass is 328 g/mol. The molecule has 1 fully saturated rings. The molecule has 0 radical (unpaired) electrons. The number of hydrazone groups is 1. The van der Waals surface area contributed by atoms with Crippen molar-refractivity contribution in [2.24, 2.45) is 11.0 Å². The number of hydrogen-bond acceptors (Lipinski definition) is 4. The third kappa shape index (κ3) is 4.42. The summed E-state index contributed by atoms with van der Waals surface area (Å²) in [5.74, 6) is 0.826. The lowest BCUT2D eigenvalue weighted by molar-refractivity contribution is -0.132. The molecule has 0 spiro atoms. The topological polar surface area (TPSA) is 39.1 Å². The lowest BCUT2D eigenvalue weighted by Crippen LogP contribution is -2.50. The van der Waals surface area contributed by atoms with Gasteiger partial charge in [-0.3, -0.25) is 9.69 Å². The van der Waals surface area contributed by atoms with Gasteiger partial charge in [0.25, 0.3) is 5.91 Å². The third-order valence-corrected chi connectivity index (χ3v) is 4.64. The summed E-state index contributed by atoms with van der Waals surface area (Å²) in [6.07, 6.45) is 0.845. The van der Waals surface area contributed by atoms with Crippen LogP contribution in [-0.4, -0.2) is 72.2 Å². The zero-order chi connectivity index (χ0) is 16.9. The molecule has 5 nitrogen and oxygen atoms in total. The molecule has 1 aromatic rings. The number of hydrogen-bond donors (Lipinski definition) is 0. The molecule has 0 unspecified atom stereocenters. The molecule has 0 N–H and O–H groups in total. The fourth-order valence-electron chi connectivity index (χ4n) is 3.39. The Kier molecular flexibility index (Phi) is 5.63. The highest BCUT2D eigenvalue weighted by Gasteiger charge is 2.25. The number of amides is 1. The number of carbonyl (C=O) groups is 1. The van der Waals surface area contributed by atoms with E-state index in [1.54, 1.807) is 5.01 Å². The Bertz CT molecular complexity index is 576. The van der Waals surface area contributed by atoms with E-state index >= 15 is 0 Å². The van der Waals surface area contributed by atoms with Crippen LogP contribution in [0.4, 0.5) is 0 Å². The van der Waals surface area contributed by atoms with E-state index < -0.39 is 0 Å². The second kappa shape index (κ2) is 7.90. The first-order chi connectivity index (χ1) is 11.6. The van der Waals surface area contributed by atoms with Crippen LogP contribution in [0.2, 0.25) is 0 Å². The largest absolute Gasteiger partial charge is 0.301 e. The lowest BCUT2D eigenvalue weighted by Gasteiger charge is -2.35. The maximum Gasteiger partial charge on any atom is 0.256 e. The van der Waals surface area contributed by atoms with Gasteiger partial charge in [-0.15, -0.1) is 0 Å². The number of benzene rings is 1. The summed E-state index contributed by atoms with van der Waals surface area (Å²) in [5, 5.41) is 6.20. The summed E-state index contributed by atoms with van der Waals surface area (Å²) in [6.45, 7) is 10.9. The van der Waals surface area contributed by atoms with Crippen molar-refractivity contribution in [2.45, 2.75) is 20.3 Å². The summed E-state index contributed by atoms with van der Waals surface area (Å²) in [5.41, 5.74) is 2.14. The highest BCUT2D eigenvalue weighted by Crippen LogP contribution is 2.14. The zero-order valence-corrected chi connectivity index (χ0v) is 14.8. The zero-order valence-electron chi connectivity index (χ0n) is 14.8. The van der Waals surface area contributed by atoms with Gasteiger partial charge in [0.05, 0.1) is 18.8 Å². The van der Waals surface area contributed by atoms with Crippen LogP contribution in [0.15, 0.2) is 35.4 Å². The third-order valence-electron chi connectivity index (χ3n) is 4.64. The van der Waals surface area contributed by atoms with E-state index in [-0.39, 0.29) is 5.91 Å². The van der Waals surface area contributed by atoms with Crippen molar-refractivity contribution in [1.82, 2.24) is 14.8 Å². The Morgan fingerprint density at radius 2 is 1.71 bits per heavy atom. The van der Waals surface area contributed by atoms with Crippen LogP contribution in [-0.2, 0) is 4.79 Å². The Balaban J connectivity index is 1.49. The van der Waals surface area contributed by atoms with Gasteiger partial charge in [0, 0.05) is 39.1 Å². The minimum atomic E-state index is 0.123. The first-order valence-electron chi connectivity index (χ1n) is 9.00. The van der Waals surface area contributed by atoms with Crippen molar-refractivity contribution < 1.29 is 4.79 Å². The molecule has 0 aliphatic carbocycles. The van der Waals surface area contributed by atoms with E-state index in [0.29, 0.717) is 19.0 Å². The Morgan fingerprint density at radius 1 is 1.04 bits per heavy atom. The molecule has 2 aliphatic heterocycles. The molecule has 0 atom stereocenters. The maximum absolute atomic E-state index is 12.5. The molecule has 1 aromatic carbocycles. The van der Waals surface area contributed by atoms with E-state index in [1.807, 2.05) is 18.2 Å². The van der Waals surface area contributed by atoms with Crippen molar-refractivity contribution in [3.8, 4) is 0 Å². The van der Waals surface area contributed by atoms with Gasteiger partial charge in [0.1, 0.15) is 0 Å². The van der Waals surface area contributed by atoms with Gasteiger partial charge in [-0.1, -0.05) is 44.2 Å². The van der Waals surface area contributed by atoms with Gasteiger partial charge in [0.15, 0.2) is 0 Å². The van der Waals surface area contributed by atoms with Crippen LogP contribution in [0, 0.1) is 5.92 Å². The van der Waals surface area contributed by atoms with E-state index in [2.05, 4.69) is 40.9 Å². The fourth-order valence-corrected chi connectivity index (χ4v) is 3.39. The minimum Gasteiger partial charge on any atom is -0.301 e. The summed E-state index contributed by atoms with van der Waals surface area (Å²) in [7, 11) is 0. The molecule has 2 aliphatic rings. The fraction of sp³-hybridized carbons (Fsp3) is 0.579. The van der Waals surface area contributed by atoms with E-state index in [1.165, 1.54) is 0 Å². The van der Waals surface area contributed by atoms with E-state index in [4.69, 9.17) is 0 Å². The number of nitrogens with zero attached hydrogens (tertiary/aromatic N) is 4. The average molecular weight is 328 g/mol. The van der Waals surface area contributed by atoms with Crippen molar-refractivity contribution in [2.75, 3.05) is 45.8 Å². The van der Waals surface area contributed by atoms with Crippen molar-refractivity contribution in [1.29, 1.82) is 0 Å². The predicted octanol–water partition coefficient (Wildman–Crippen LogP) is 1.90. The highest BCUT2D eigenvalue weighted by atomic mass is 16.2. The molecule has 1 saturated heterocycles. The lowest BCUT2D eigenvalue weighted by atomic mass is 10.1. The molecule has 0 bridgehead atoms. The molecular formula is C19H28N4O. The van der Waals surface area contributed by atoms with Crippen molar-refractivity contribution in [3.63, 3.8) is 0 Å². The van der Waals surface area contributed by atoms with Crippen LogP contribution in [0.3, 0.4) is 0 Å². The summed E-state index contributed by atoms with van der Waals surface area (Å²) in [4.78, 5) is 17.3. The van der Waals surface area contributed by atoms with E-state index in [9.17, 15) is 4.79 Å². The Hall–Kier alpha value is -1.72. The molecule has 3 rings (SSSR count). The smallest absolute Gasteiger partial charge is 0.256 e. The SMILES string of the molecule is CC(C)CN1CCN(CC(=O)N2CCC(c3ccccc3)=N2)CC1. The second-order valence-corrected chi connectivity index (χ2v) is 7.15. The molecule has 2 heterocycles. The minimum absolute atomic E-state index is 0.123. The second-order valence-electron chi connectivity index (χ2n) is 7.15. The number of piperazine rings is 1. The first-order valence-corrected chi connectivity index (χ1v) is 9.00. The van der Waals surface area contributed by atoms with Gasteiger partial charge >= 0.3 is 0 Å².